The summed E-state index contributed by atoms with van der Waals surface area (Å²) in [4.78, 5) is 26.1. The number of rotatable bonds is 4. The lowest BCUT2D eigenvalue weighted by Gasteiger charge is -2.18. The van der Waals surface area contributed by atoms with Gasteiger partial charge in [0.1, 0.15) is 5.70 Å². The van der Waals surface area contributed by atoms with Crippen LogP contribution in [0.3, 0.4) is 0 Å². The van der Waals surface area contributed by atoms with E-state index < -0.39 is 18.0 Å². The number of carboxylic acid groups (broad SMARTS) is 1. The number of hydrazine groups is 1. The standard InChI is InChI=1S/C13H19N3O4S/c1-6(17)9-2-7-3-10(21-8-4-14-15-5-8)11(13(19)20)16(7)12(9)18/h6-9,14-15,17H,2-5H2,1H3,(H,19,20)/t6-,7+,9+/m1/s1. The number of hydrogen-bond acceptors (Lipinski definition) is 6. The summed E-state index contributed by atoms with van der Waals surface area (Å²) in [6.07, 6.45) is 0.369. The number of fused-ring (bicyclic) bond motifs is 1. The highest BCUT2D eigenvalue weighted by Crippen LogP contribution is 2.45. The highest BCUT2D eigenvalue weighted by Gasteiger charge is 2.49. The second-order valence-electron chi connectivity index (χ2n) is 5.73. The van der Waals surface area contributed by atoms with E-state index in [1.165, 1.54) is 16.7 Å². The van der Waals surface area contributed by atoms with Gasteiger partial charge < -0.3 is 15.1 Å². The molecule has 3 rings (SSSR count). The van der Waals surface area contributed by atoms with E-state index in [-0.39, 0.29) is 22.9 Å². The van der Waals surface area contributed by atoms with Crippen molar-refractivity contribution in [2.45, 2.75) is 37.2 Å². The average molecular weight is 313 g/mol. The Bertz CT molecular complexity index is 502. The molecule has 3 aliphatic heterocycles. The molecule has 0 bridgehead atoms. The van der Waals surface area contributed by atoms with Gasteiger partial charge in [-0.3, -0.25) is 15.6 Å². The summed E-state index contributed by atoms with van der Waals surface area (Å²) in [5.74, 6) is -1.80. The Morgan fingerprint density at radius 2 is 2.10 bits per heavy atom. The highest BCUT2D eigenvalue weighted by atomic mass is 32.2. The molecule has 3 atom stereocenters. The molecule has 116 valence electrons. The Morgan fingerprint density at radius 1 is 1.43 bits per heavy atom. The summed E-state index contributed by atoms with van der Waals surface area (Å²) in [7, 11) is 0. The van der Waals surface area contributed by atoms with Crippen molar-refractivity contribution in [2.24, 2.45) is 5.92 Å². The molecule has 0 aliphatic carbocycles. The number of carbonyl (C=O) groups is 2. The van der Waals surface area contributed by atoms with E-state index in [9.17, 15) is 19.8 Å². The molecule has 0 aromatic heterocycles. The zero-order chi connectivity index (χ0) is 15.1. The van der Waals surface area contributed by atoms with Crippen LogP contribution in [0.25, 0.3) is 0 Å². The van der Waals surface area contributed by atoms with Crippen molar-refractivity contribution in [1.29, 1.82) is 0 Å². The molecule has 0 radical (unpaired) electrons. The third-order valence-electron chi connectivity index (χ3n) is 4.25. The molecule has 21 heavy (non-hydrogen) atoms. The van der Waals surface area contributed by atoms with Gasteiger partial charge in [-0.15, -0.1) is 11.8 Å². The van der Waals surface area contributed by atoms with Gasteiger partial charge in [0.05, 0.1) is 12.0 Å². The Morgan fingerprint density at radius 3 is 2.67 bits per heavy atom. The first-order valence-electron chi connectivity index (χ1n) is 7.09. The second kappa shape index (κ2) is 5.60. The Hall–Kier alpha value is -1.09. The van der Waals surface area contributed by atoms with Crippen LogP contribution in [0.15, 0.2) is 10.6 Å². The first-order valence-corrected chi connectivity index (χ1v) is 7.97. The Kier molecular flexibility index (Phi) is 3.96. The van der Waals surface area contributed by atoms with E-state index in [0.29, 0.717) is 12.8 Å². The first kappa shape index (κ1) is 14.8. The van der Waals surface area contributed by atoms with Crippen molar-refractivity contribution in [1.82, 2.24) is 15.8 Å². The minimum atomic E-state index is -1.06. The number of thioether (sulfide) groups is 1. The third-order valence-corrected chi connectivity index (χ3v) is 5.56. The quantitative estimate of drug-likeness (QED) is 0.554. The molecule has 2 fully saturated rings. The minimum Gasteiger partial charge on any atom is -0.477 e. The maximum atomic E-state index is 12.4. The van der Waals surface area contributed by atoms with Crippen molar-refractivity contribution >= 4 is 23.6 Å². The lowest BCUT2D eigenvalue weighted by Crippen LogP contribution is -2.34. The number of nitrogens with one attached hydrogen (secondary N) is 2. The lowest BCUT2D eigenvalue weighted by atomic mass is 9.98. The van der Waals surface area contributed by atoms with Gasteiger partial charge in [-0.25, -0.2) is 4.79 Å². The summed E-state index contributed by atoms with van der Waals surface area (Å²) in [5, 5.41) is 19.4. The number of aliphatic hydroxyl groups is 1. The van der Waals surface area contributed by atoms with Crippen LogP contribution in [0.5, 0.6) is 0 Å². The number of carboxylic acids is 1. The molecule has 3 aliphatic rings. The van der Waals surface area contributed by atoms with Gasteiger partial charge in [0, 0.05) is 35.7 Å². The summed E-state index contributed by atoms with van der Waals surface area (Å²) >= 11 is 1.54. The third kappa shape index (κ3) is 2.57. The molecule has 2 saturated heterocycles. The van der Waals surface area contributed by atoms with Crippen molar-refractivity contribution < 1.29 is 19.8 Å². The molecule has 0 aromatic carbocycles. The molecule has 0 unspecified atom stereocenters. The van der Waals surface area contributed by atoms with Crippen LogP contribution in [0.2, 0.25) is 0 Å². The Balaban J connectivity index is 1.84. The maximum absolute atomic E-state index is 12.4. The van der Waals surface area contributed by atoms with E-state index in [4.69, 9.17) is 0 Å². The first-order chi connectivity index (χ1) is 9.99. The molecule has 1 amide bonds. The largest absolute Gasteiger partial charge is 0.477 e. The number of aliphatic carboxylic acids is 1. The van der Waals surface area contributed by atoms with Crippen molar-refractivity contribution in [3.63, 3.8) is 0 Å². The minimum absolute atomic E-state index is 0.116. The zero-order valence-corrected chi connectivity index (χ0v) is 12.5. The Labute approximate surface area is 126 Å². The molecular weight excluding hydrogens is 294 g/mol. The predicted molar refractivity (Wildman–Crippen MR) is 77.1 cm³/mol. The topological polar surface area (TPSA) is 102 Å². The monoisotopic (exact) mass is 313 g/mol. The van der Waals surface area contributed by atoms with Gasteiger partial charge >= 0.3 is 5.97 Å². The summed E-state index contributed by atoms with van der Waals surface area (Å²) < 4.78 is 0. The van der Waals surface area contributed by atoms with Gasteiger partial charge in [0.25, 0.3) is 0 Å². The van der Waals surface area contributed by atoms with Crippen LogP contribution >= 0.6 is 11.8 Å². The number of nitrogens with zero attached hydrogens (tertiary/aromatic N) is 1. The van der Waals surface area contributed by atoms with Gasteiger partial charge in [0.2, 0.25) is 5.91 Å². The fourth-order valence-electron chi connectivity index (χ4n) is 3.23. The number of carbonyl (C=O) groups excluding carboxylic acids is 1. The van der Waals surface area contributed by atoms with Crippen LogP contribution in [0.1, 0.15) is 19.8 Å². The fraction of sp³-hybridized carbons (Fsp3) is 0.692. The normalized spacial score (nSPS) is 31.1. The van der Waals surface area contributed by atoms with Crippen LogP contribution in [0, 0.1) is 5.92 Å². The smallest absolute Gasteiger partial charge is 0.353 e. The summed E-state index contributed by atoms with van der Waals surface area (Å²) in [6.45, 7) is 3.13. The predicted octanol–water partition coefficient (Wildman–Crippen LogP) is -0.506. The molecule has 7 nitrogen and oxygen atoms in total. The molecule has 4 N–H and O–H groups in total. The summed E-state index contributed by atoms with van der Waals surface area (Å²) in [6, 6.07) is -0.118. The van der Waals surface area contributed by atoms with E-state index in [1.54, 1.807) is 6.92 Å². The molecular formula is C13H19N3O4S. The molecule has 8 heteroatoms. The lowest BCUT2D eigenvalue weighted by molar-refractivity contribution is -0.140. The average Bonchev–Trinajstić information content (AvgIpc) is 3.07. The van der Waals surface area contributed by atoms with E-state index in [1.807, 2.05) is 0 Å². The van der Waals surface area contributed by atoms with Crippen LogP contribution in [-0.2, 0) is 9.59 Å². The molecule has 0 aromatic rings. The highest BCUT2D eigenvalue weighted by molar-refractivity contribution is 8.03. The van der Waals surface area contributed by atoms with E-state index in [0.717, 1.165) is 18.0 Å². The number of aliphatic hydroxyl groups excluding tert-OH is 1. The van der Waals surface area contributed by atoms with Gasteiger partial charge in [0.15, 0.2) is 0 Å². The van der Waals surface area contributed by atoms with Crippen LogP contribution in [0.4, 0.5) is 0 Å². The SMILES string of the molecule is C[C@@H](O)[C@@H]1C[C@H]2CC(SC3CNNC3)=C(C(=O)O)N2C1=O. The molecule has 3 heterocycles. The zero-order valence-electron chi connectivity index (χ0n) is 11.7. The molecule has 0 spiro atoms. The van der Waals surface area contributed by atoms with Crippen molar-refractivity contribution in [3.05, 3.63) is 10.6 Å². The summed E-state index contributed by atoms with van der Waals surface area (Å²) in [5.41, 5.74) is 6.15. The van der Waals surface area contributed by atoms with E-state index in [2.05, 4.69) is 10.9 Å². The van der Waals surface area contributed by atoms with Gasteiger partial charge in [-0.05, 0) is 13.3 Å². The molecule has 0 saturated carbocycles. The fourth-order valence-corrected chi connectivity index (χ4v) is 4.55. The van der Waals surface area contributed by atoms with Crippen LogP contribution < -0.4 is 10.9 Å². The van der Waals surface area contributed by atoms with Crippen LogP contribution in [-0.4, -0.2) is 57.5 Å². The number of amides is 1. The van der Waals surface area contributed by atoms with Crippen molar-refractivity contribution in [2.75, 3.05) is 13.1 Å². The van der Waals surface area contributed by atoms with Gasteiger partial charge in [-0.2, -0.15) is 0 Å². The van der Waals surface area contributed by atoms with E-state index >= 15 is 0 Å². The number of hydrogen-bond donors (Lipinski definition) is 4. The van der Waals surface area contributed by atoms with Gasteiger partial charge in [-0.1, -0.05) is 0 Å². The maximum Gasteiger partial charge on any atom is 0.353 e. The van der Waals surface area contributed by atoms with Crippen molar-refractivity contribution in [3.8, 4) is 0 Å². The second-order valence-corrected chi connectivity index (χ2v) is 7.12.